The Morgan fingerprint density at radius 1 is 0.923 bits per heavy atom. The van der Waals surface area contributed by atoms with E-state index in [1.807, 2.05) is 32.0 Å². The van der Waals surface area contributed by atoms with E-state index in [-0.39, 0.29) is 18.1 Å². The number of unbranched alkanes of at least 4 members (excludes halogenated alkanes) is 1. The van der Waals surface area contributed by atoms with Gasteiger partial charge in [0.1, 0.15) is 0 Å². The summed E-state index contributed by atoms with van der Waals surface area (Å²) in [4.78, 5) is 39.2. The van der Waals surface area contributed by atoms with Gasteiger partial charge in [-0.2, -0.15) is 0 Å². The highest BCUT2D eigenvalue weighted by atomic mass is 16.5. The molecule has 2 aliphatic rings. The summed E-state index contributed by atoms with van der Waals surface area (Å²) < 4.78 is 21.3. The molecule has 39 heavy (non-hydrogen) atoms. The van der Waals surface area contributed by atoms with Crippen molar-refractivity contribution in [2.45, 2.75) is 51.4 Å². The lowest BCUT2D eigenvalue weighted by Gasteiger charge is -2.36. The topological polar surface area (TPSA) is 100 Å². The number of allylic oxidation sites excluding steroid dienone is 3. The second kappa shape index (κ2) is 12.2. The molecule has 0 saturated carbocycles. The van der Waals surface area contributed by atoms with Crippen LogP contribution in [-0.4, -0.2) is 45.7 Å². The van der Waals surface area contributed by atoms with Crippen molar-refractivity contribution in [3.8, 4) is 11.5 Å². The van der Waals surface area contributed by atoms with E-state index in [1.54, 1.807) is 38.5 Å². The number of hydrogen-bond donors (Lipinski definition) is 1. The highest BCUT2D eigenvalue weighted by Gasteiger charge is 2.41. The van der Waals surface area contributed by atoms with Crippen molar-refractivity contribution in [2.24, 2.45) is 0 Å². The summed E-state index contributed by atoms with van der Waals surface area (Å²) in [5.41, 5.74) is 4.50. The van der Waals surface area contributed by atoms with Gasteiger partial charge in [-0.25, -0.2) is 9.59 Å². The van der Waals surface area contributed by atoms with Gasteiger partial charge in [0.05, 0.1) is 39.1 Å². The second-order valence-electron chi connectivity index (χ2n) is 9.73. The minimum absolute atomic E-state index is 0.0445. The molecule has 0 bridgehead atoms. The van der Waals surface area contributed by atoms with E-state index in [4.69, 9.17) is 18.9 Å². The molecule has 1 N–H and O–H groups in total. The van der Waals surface area contributed by atoms with Crippen LogP contribution in [0.1, 0.15) is 72.9 Å². The number of esters is 2. The summed E-state index contributed by atoms with van der Waals surface area (Å²) in [6.45, 7) is 4.17. The molecule has 8 nitrogen and oxygen atoms in total. The highest BCUT2D eigenvalue weighted by Crippen LogP contribution is 2.46. The molecule has 0 saturated heterocycles. The molecule has 1 aliphatic carbocycles. The monoisotopic (exact) mass is 533 g/mol. The van der Waals surface area contributed by atoms with Crippen LogP contribution in [0.4, 0.5) is 0 Å². The first-order valence-corrected chi connectivity index (χ1v) is 13.1. The molecule has 4 rings (SSSR count). The van der Waals surface area contributed by atoms with Crippen molar-refractivity contribution in [1.29, 1.82) is 0 Å². The third kappa shape index (κ3) is 5.70. The third-order valence-corrected chi connectivity index (χ3v) is 7.32. The molecule has 1 heterocycles. The number of rotatable bonds is 9. The summed E-state index contributed by atoms with van der Waals surface area (Å²) in [6, 6.07) is 12.6. The Hall–Kier alpha value is -4.07. The maximum atomic E-state index is 13.8. The molecule has 1 aliphatic heterocycles. The number of ketones is 1. The van der Waals surface area contributed by atoms with E-state index in [2.05, 4.69) is 5.32 Å². The average molecular weight is 534 g/mol. The molecule has 0 fully saturated rings. The molecular weight excluding hydrogens is 498 g/mol. The number of carbonyl (C=O) groups is 3. The first kappa shape index (κ1) is 28.0. The largest absolute Gasteiger partial charge is 0.493 e. The van der Waals surface area contributed by atoms with E-state index in [0.29, 0.717) is 46.9 Å². The minimum Gasteiger partial charge on any atom is -0.493 e. The van der Waals surface area contributed by atoms with E-state index >= 15 is 0 Å². The summed E-state index contributed by atoms with van der Waals surface area (Å²) >= 11 is 0. The van der Waals surface area contributed by atoms with Gasteiger partial charge < -0.3 is 24.3 Å². The second-order valence-corrected chi connectivity index (χ2v) is 9.73. The van der Waals surface area contributed by atoms with Crippen LogP contribution in [-0.2, 0) is 19.1 Å². The van der Waals surface area contributed by atoms with E-state index < -0.39 is 17.9 Å². The van der Waals surface area contributed by atoms with Gasteiger partial charge in [-0.15, -0.1) is 0 Å². The minimum atomic E-state index is -0.610. The van der Waals surface area contributed by atoms with Crippen LogP contribution >= 0.6 is 0 Å². The van der Waals surface area contributed by atoms with E-state index in [1.165, 1.54) is 7.11 Å². The zero-order valence-electron chi connectivity index (χ0n) is 23.1. The lowest BCUT2D eigenvalue weighted by atomic mass is 9.71. The van der Waals surface area contributed by atoms with Crippen LogP contribution in [0.3, 0.4) is 0 Å². The van der Waals surface area contributed by atoms with Crippen molar-refractivity contribution in [3.63, 3.8) is 0 Å². The van der Waals surface area contributed by atoms with Gasteiger partial charge in [-0.1, -0.05) is 31.5 Å². The number of hydrogen-bond acceptors (Lipinski definition) is 8. The summed E-state index contributed by atoms with van der Waals surface area (Å²) in [5.74, 6) is -0.397. The predicted molar refractivity (Wildman–Crippen MR) is 146 cm³/mol. The zero-order valence-corrected chi connectivity index (χ0v) is 23.1. The van der Waals surface area contributed by atoms with Gasteiger partial charge in [0.15, 0.2) is 17.3 Å². The molecule has 0 aromatic heterocycles. The van der Waals surface area contributed by atoms with Crippen LogP contribution in [0, 0.1) is 0 Å². The summed E-state index contributed by atoms with van der Waals surface area (Å²) in [5, 5.41) is 3.37. The first-order chi connectivity index (χ1) is 18.8. The Labute approximate surface area is 229 Å². The SMILES string of the molecule is CCCCOC(=O)C1=C(C)NC2=C(C(=O)C[C@H](c3ccc(OC)c(OC)c3)C2)[C@@H]1c1ccc(C(=O)OC)cc1. The van der Waals surface area contributed by atoms with Crippen molar-refractivity contribution >= 4 is 17.7 Å². The lowest BCUT2D eigenvalue weighted by Crippen LogP contribution is -2.36. The van der Waals surface area contributed by atoms with Crippen LogP contribution < -0.4 is 14.8 Å². The van der Waals surface area contributed by atoms with Crippen LogP contribution in [0.5, 0.6) is 11.5 Å². The summed E-state index contributed by atoms with van der Waals surface area (Å²) in [6.07, 6.45) is 2.52. The van der Waals surface area contributed by atoms with Crippen molar-refractivity contribution < 1.29 is 33.3 Å². The predicted octanol–water partition coefficient (Wildman–Crippen LogP) is 5.20. The standard InChI is InChI=1S/C31H35NO7/c1-6-7-14-39-31(35)27-18(2)32-23-15-22(21-12-13-25(36-3)26(17-21)37-4)16-24(33)29(23)28(27)19-8-10-20(11-9-19)30(34)38-5/h8-13,17,22,28,32H,6-7,14-16H2,1-5H3/t22-,28-/m1/s1. The van der Waals surface area contributed by atoms with Gasteiger partial charge in [0.2, 0.25) is 0 Å². The fourth-order valence-electron chi connectivity index (χ4n) is 5.30. The fraction of sp³-hybridized carbons (Fsp3) is 0.387. The van der Waals surface area contributed by atoms with Gasteiger partial charge in [0, 0.05) is 29.3 Å². The number of nitrogens with one attached hydrogen (secondary N) is 1. The van der Waals surface area contributed by atoms with Gasteiger partial charge in [-0.05, 0) is 61.1 Å². The fourth-order valence-corrected chi connectivity index (χ4v) is 5.30. The van der Waals surface area contributed by atoms with Crippen molar-refractivity contribution in [1.82, 2.24) is 5.32 Å². The normalized spacial score (nSPS) is 18.7. The Balaban J connectivity index is 1.74. The average Bonchev–Trinajstić information content (AvgIpc) is 2.95. The Morgan fingerprint density at radius 3 is 2.26 bits per heavy atom. The van der Waals surface area contributed by atoms with E-state index in [9.17, 15) is 14.4 Å². The number of Topliss-reactive ketones (excluding diaryl/α,β-unsaturated/α-hetero) is 1. The first-order valence-electron chi connectivity index (χ1n) is 13.1. The Morgan fingerprint density at radius 2 is 1.62 bits per heavy atom. The molecule has 2 aromatic carbocycles. The van der Waals surface area contributed by atoms with Crippen molar-refractivity contribution in [2.75, 3.05) is 27.9 Å². The van der Waals surface area contributed by atoms with Gasteiger partial charge >= 0.3 is 11.9 Å². The summed E-state index contributed by atoms with van der Waals surface area (Å²) in [7, 11) is 4.50. The lowest BCUT2D eigenvalue weighted by molar-refractivity contribution is -0.139. The molecule has 0 radical (unpaired) electrons. The molecular formula is C31H35NO7. The van der Waals surface area contributed by atoms with Crippen LogP contribution in [0.2, 0.25) is 0 Å². The molecule has 2 aromatic rings. The third-order valence-electron chi connectivity index (χ3n) is 7.32. The maximum absolute atomic E-state index is 13.8. The smallest absolute Gasteiger partial charge is 0.337 e. The Kier molecular flexibility index (Phi) is 8.74. The quantitative estimate of drug-likeness (QED) is 0.347. The number of ether oxygens (including phenoxy) is 4. The number of carbonyl (C=O) groups excluding carboxylic acids is 3. The number of methoxy groups -OCH3 is 3. The zero-order chi connectivity index (χ0) is 28.1. The van der Waals surface area contributed by atoms with Crippen LogP contribution in [0.25, 0.3) is 0 Å². The highest BCUT2D eigenvalue weighted by molar-refractivity contribution is 6.04. The molecule has 0 spiro atoms. The number of benzene rings is 2. The van der Waals surface area contributed by atoms with E-state index in [0.717, 1.165) is 29.7 Å². The Bertz CT molecular complexity index is 1320. The van der Waals surface area contributed by atoms with Gasteiger partial charge in [0.25, 0.3) is 0 Å². The molecule has 206 valence electrons. The van der Waals surface area contributed by atoms with Crippen LogP contribution in [0.15, 0.2) is 65.0 Å². The van der Waals surface area contributed by atoms with Crippen molar-refractivity contribution in [3.05, 3.63) is 81.7 Å². The molecule has 2 atom stereocenters. The number of dihydropyridines is 1. The maximum Gasteiger partial charge on any atom is 0.337 e. The molecule has 0 unspecified atom stereocenters. The molecule has 8 heteroatoms. The molecule has 0 amide bonds. The van der Waals surface area contributed by atoms with Gasteiger partial charge in [-0.3, -0.25) is 4.79 Å².